The van der Waals surface area contributed by atoms with Gasteiger partial charge < -0.3 is 11.1 Å². The molecule has 3 atom stereocenters. The Balaban J connectivity index is 2.07. The van der Waals surface area contributed by atoms with Gasteiger partial charge in [-0.1, -0.05) is 13.0 Å². The first-order chi connectivity index (χ1) is 8.66. The maximum absolute atomic E-state index is 6.34. The number of nitrogens with zero attached hydrogens (tertiary/aromatic N) is 1. The molecule has 96 valence electrons. The molecule has 4 N–H and O–H groups in total. The molecule has 2 heterocycles. The van der Waals surface area contributed by atoms with Crippen LogP contribution in [0.15, 0.2) is 18.3 Å². The Kier molecular flexibility index (Phi) is 2.84. The second-order valence-corrected chi connectivity index (χ2v) is 5.52. The Bertz CT molecular complexity index is 560. The van der Waals surface area contributed by atoms with Crippen LogP contribution in [0.2, 0.25) is 0 Å². The monoisotopic (exact) mass is 244 g/mol. The fraction of sp³-hybridized carbons (Fsp3) is 0.500. The number of nitrogens with one attached hydrogen (secondary N) is 2. The van der Waals surface area contributed by atoms with E-state index in [4.69, 9.17) is 5.73 Å². The highest BCUT2D eigenvalue weighted by atomic mass is 15.1. The first-order valence-electron chi connectivity index (χ1n) is 6.58. The lowest BCUT2D eigenvalue weighted by Crippen LogP contribution is -2.46. The average molecular weight is 244 g/mol. The van der Waals surface area contributed by atoms with Crippen molar-refractivity contribution in [1.82, 2.24) is 15.5 Å². The summed E-state index contributed by atoms with van der Waals surface area (Å²) in [4.78, 5) is 0. The summed E-state index contributed by atoms with van der Waals surface area (Å²) in [5.74, 6) is 0.653. The predicted molar refractivity (Wildman–Crippen MR) is 73.3 cm³/mol. The van der Waals surface area contributed by atoms with Crippen LogP contribution in [0.4, 0.5) is 0 Å². The van der Waals surface area contributed by atoms with E-state index < -0.39 is 0 Å². The molecule has 0 amide bonds. The average Bonchev–Trinajstić information content (AvgIpc) is 2.79. The van der Waals surface area contributed by atoms with Crippen LogP contribution in [-0.4, -0.2) is 22.8 Å². The number of fused-ring (bicyclic) bond motifs is 1. The fourth-order valence-corrected chi connectivity index (χ4v) is 3.04. The van der Waals surface area contributed by atoms with Crippen molar-refractivity contribution in [3.8, 4) is 0 Å². The van der Waals surface area contributed by atoms with Crippen LogP contribution < -0.4 is 11.1 Å². The van der Waals surface area contributed by atoms with E-state index in [0.29, 0.717) is 5.92 Å². The van der Waals surface area contributed by atoms with Crippen LogP contribution in [-0.2, 0) is 0 Å². The minimum Gasteiger partial charge on any atom is -0.326 e. The molecular formula is C14H20N4. The molecule has 0 radical (unpaired) electrons. The number of benzene rings is 1. The molecule has 4 nitrogen and oxygen atoms in total. The van der Waals surface area contributed by atoms with Crippen molar-refractivity contribution in [3.63, 3.8) is 0 Å². The zero-order valence-corrected chi connectivity index (χ0v) is 10.9. The standard InChI is InChI=1S/C14H20N4/c1-8-5-11(15)14(16-6-8)13-9(2)3-4-12-10(13)7-17-18-12/h3-4,7-8,11,14,16H,5-6,15H2,1-2H3,(H,17,18). The van der Waals surface area contributed by atoms with Crippen molar-refractivity contribution in [2.45, 2.75) is 32.4 Å². The number of aromatic nitrogens is 2. The largest absolute Gasteiger partial charge is 0.326 e. The summed E-state index contributed by atoms with van der Waals surface area (Å²) in [5, 5.41) is 12.0. The van der Waals surface area contributed by atoms with Crippen LogP contribution >= 0.6 is 0 Å². The molecule has 0 saturated carbocycles. The third-order valence-electron chi connectivity index (χ3n) is 3.98. The van der Waals surface area contributed by atoms with E-state index in [2.05, 4.69) is 41.5 Å². The minimum atomic E-state index is 0.174. The van der Waals surface area contributed by atoms with Crippen LogP contribution in [0, 0.1) is 12.8 Å². The van der Waals surface area contributed by atoms with Crippen molar-refractivity contribution < 1.29 is 0 Å². The van der Waals surface area contributed by atoms with Gasteiger partial charge in [0, 0.05) is 17.5 Å². The van der Waals surface area contributed by atoms with Gasteiger partial charge in [0.2, 0.25) is 0 Å². The number of hydrogen-bond acceptors (Lipinski definition) is 3. The number of nitrogens with two attached hydrogens (primary N) is 1. The summed E-state index contributed by atoms with van der Waals surface area (Å²) in [6.07, 6.45) is 2.98. The van der Waals surface area contributed by atoms with E-state index in [1.807, 2.05) is 6.20 Å². The number of H-pyrrole nitrogens is 1. The third kappa shape index (κ3) is 1.82. The van der Waals surface area contributed by atoms with Gasteiger partial charge in [-0.2, -0.15) is 5.10 Å². The van der Waals surface area contributed by atoms with E-state index in [1.54, 1.807) is 0 Å². The summed E-state index contributed by atoms with van der Waals surface area (Å²) >= 11 is 0. The molecule has 1 fully saturated rings. The normalized spacial score (nSPS) is 28.7. The first kappa shape index (κ1) is 11.7. The predicted octanol–water partition coefficient (Wildman–Crippen LogP) is 1.87. The van der Waals surface area contributed by atoms with Gasteiger partial charge in [-0.15, -0.1) is 0 Å². The summed E-state index contributed by atoms with van der Waals surface area (Å²) in [5.41, 5.74) is 10.0. The maximum Gasteiger partial charge on any atom is 0.0653 e. The van der Waals surface area contributed by atoms with Crippen LogP contribution in [0.25, 0.3) is 10.9 Å². The SMILES string of the molecule is Cc1ccc2[nH]ncc2c1C1NCC(C)CC1N. The zero-order valence-electron chi connectivity index (χ0n) is 10.9. The van der Waals surface area contributed by atoms with Gasteiger partial charge in [-0.3, -0.25) is 5.10 Å². The molecule has 0 spiro atoms. The van der Waals surface area contributed by atoms with Gasteiger partial charge in [-0.05, 0) is 43.0 Å². The van der Waals surface area contributed by atoms with Gasteiger partial charge in [0.15, 0.2) is 0 Å². The molecule has 2 aromatic rings. The quantitative estimate of drug-likeness (QED) is 0.717. The highest BCUT2D eigenvalue weighted by molar-refractivity contribution is 5.83. The van der Waals surface area contributed by atoms with E-state index in [0.717, 1.165) is 18.5 Å². The van der Waals surface area contributed by atoms with Gasteiger partial charge in [0.25, 0.3) is 0 Å². The van der Waals surface area contributed by atoms with Gasteiger partial charge in [-0.25, -0.2) is 0 Å². The third-order valence-corrected chi connectivity index (χ3v) is 3.98. The zero-order chi connectivity index (χ0) is 12.7. The van der Waals surface area contributed by atoms with E-state index in [-0.39, 0.29) is 12.1 Å². The van der Waals surface area contributed by atoms with Crippen molar-refractivity contribution in [2.24, 2.45) is 11.7 Å². The smallest absolute Gasteiger partial charge is 0.0653 e. The molecule has 1 aliphatic heterocycles. The first-order valence-corrected chi connectivity index (χ1v) is 6.58. The minimum absolute atomic E-state index is 0.174. The highest BCUT2D eigenvalue weighted by Gasteiger charge is 2.29. The van der Waals surface area contributed by atoms with Gasteiger partial charge in [0.05, 0.1) is 11.7 Å². The van der Waals surface area contributed by atoms with Crippen LogP contribution in [0.3, 0.4) is 0 Å². The molecule has 1 saturated heterocycles. The van der Waals surface area contributed by atoms with Crippen molar-refractivity contribution in [3.05, 3.63) is 29.5 Å². The number of aromatic amines is 1. The Morgan fingerprint density at radius 1 is 1.39 bits per heavy atom. The van der Waals surface area contributed by atoms with E-state index in [9.17, 15) is 0 Å². The van der Waals surface area contributed by atoms with Gasteiger partial charge in [0.1, 0.15) is 0 Å². The molecule has 0 aliphatic carbocycles. The topological polar surface area (TPSA) is 66.7 Å². The Labute approximate surface area is 107 Å². The molecule has 1 aliphatic rings. The van der Waals surface area contributed by atoms with Crippen molar-refractivity contribution >= 4 is 10.9 Å². The molecule has 4 heteroatoms. The van der Waals surface area contributed by atoms with Gasteiger partial charge >= 0.3 is 0 Å². The second kappa shape index (κ2) is 4.37. The van der Waals surface area contributed by atoms with Crippen molar-refractivity contribution in [2.75, 3.05) is 6.54 Å². The fourth-order valence-electron chi connectivity index (χ4n) is 3.04. The van der Waals surface area contributed by atoms with Crippen LogP contribution in [0.5, 0.6) is 0 Å². The molecule has 18 heavy (non-hydrogen) atoms. The molecular weight excluding hydrogens is 224 g/mol. The van der Waals surface area contributed by atoms with E-state index in [1.165, 1.54) is 16.5 Å². The molecule has 3 unspecified atom stereocenters. The molecule has 1 aromatic heterocycles. The molecule has 3 rings (SSSR count). The highest BCUT2D eigenvalue weighted by Crippen LogP contribution is 2.32. The lowest BCUT2D eigenvalue weighted by molar-refractivity contribution is 0.292. The summed E-state index contributed by atoms with van der Waals surface area (Å²) in [6.45, 7) is 5.43. The number of piperidine rings is 1. The number of hydrogen-bond donors (Lipinski definition) is 3. The van der Waals surface area contributed by atoms with Crippen molar-refractivity contribution in [1.29, 1.82) is 0 Å². The summed E-state index contributed by atoms with van der Waals surface area (Å²) in [7, 11) is 0. The Hall–Kier alpha value is -1.39. The summed E-state index contributed by atoms with van der Waals surface area (Å²) < 4.78 is 0. The lowest BCUT2D eigenvalue weighted by atomic mass is 9.85. The molecule has 1 aromatic carbocycles. The lowest BCUT2D eigenvalue weighted by Gasteiger charge is -2.35. The number of aryl methyl sites for hydroxylation is 1. The van der Waals surface area contributed by atoms with Crippen LogP contribution in [0.1, 0.15) is 30.5 Å². The second-order valence-electron chi connectivity index (χ2n) is 5.52. The molecule has 0 bridgehead atoms. The number of rotatable bonds is 1. The summed E-state index contributed by atoms with van der Waals surface area (Å²) in [6, 6.07) is 4.64. The Morgan fingerprint density at radius 2 is 2.22 bits per heavy atom. The maximum atomic E-state index is 6.34. The Morgan fingerprint density at radius 3 is 3.00 bits per heavy atom. The van der Waals surface area contributed by atoms with E-state index >= 15 is 0 Å².